The molecule has 10 aromatic rings. The number of anilines is 3. The molecule has 0 saturated carbocycles. The molecule has 0 unspecified atom stereocenters. The highest BCUT2D eigenvalue weighted by molar-refractivity contribution is 6.13. The van der Waals surface area contributed by atoms with Crippen molar-refractivity contribution < 1.29 is 4.42 Å². The standard InChI is InChI=1S/C50H33NO/c1-2-12-37(13-3-1)46-33-41(32-40-15-6-7-16-44(40)46)36-25-29-43(30-26-36)51(47-18-10-20-49-50(47)45-17-8-9-19-48(45)52-49)42-27-23-35(24-28-42)39-22-21-34-11-4-5-14-38(34)31-39/h1-33H. The van der Waals surface area contributed by atoms with Crippen molar-refractivity contribution in [2.45, 2.75) is 0 Å². The molecule has 2 nitrogen and oxygen atoms in total. The van der Waals surface area contributed by atoms with Crippen molar-refractivity contribution in [2.75, 3.05) is 4.90 Å². The zero-order valence-electron chi connectivity index (χ0n) is 28.4. The second-order valence-electron chi connectivity index (χ2n) is 13.4. The molecule has 0 bridgehead atoms. The van der Waals surface area contributed by atoms with Crippen molar-refractivity contribution in [3.63, 3.8) is 0 Å². The van der Waals surface area contributed by atoms with Crippen LogP contribution in [-0.2, 0) is 0 Å². The Balaban J connectivity index is 1.10. The lowest BCUT2D eigenvalue weighted by molar-refractivity contribution is 0.669. The van der Waals surface area contributed by atoms with Gasteiger partial charge >= 0.3 is 0 Å². The van der Waals surface area contributed by atoms with Crippen LogP contribution in [0.3, 0.4) is 0 Å². The number of benzene rings is 9. The summed E-state index contributed by atoms with van der Waals surface area (Å²) in [4.78, 5) is 2.36. The molecule has 0 aliphatic carbocycles. The molecular weight excluding hydrogens is 631 g/mol. The Morgan fingerprint density at radius 2 is 0.904 bits per heavy atom. The predicted octanol–water partition coefficient (Wildman–Crippen LogP) is 14.4. The van der Waals surface area contributed by atoms with E-state index in [1.54, 1.807) is 0 Å². The van der Waals surface area contributed by atoms with Crippen molar-refractivity contribution in [1.29, 1.82) is 0 Å². The fraction of sp³-hybridized carbons (Fsp3) is 0. The van der Waals surface area contributed by atoms with Crippen LogP contribution in [0.2, 0.25) is 0 Å². The molecule has 0 atom stereocenters. The topological polar surface area (TPSA) is 16.4 Å². The van der Waals surface area contributed by atoms with E-state index in [4.69, 9.17) is 4.42 Å². The van der Waals surface area contributed by atoms with Gasteiger partial charge in [0.2, 0.25) is 0 Å². The summed E-state index contributed by atoms with van der Waals surface area (Å²) >= 11 is 0. The third-order valence-corrected chi connectivity index (χ3v) is 10.2. The lowest BCUT2D eigenvalue weighted by Crippen LogP contribution is -2.10. The fourth-order valence-electron chi connectivity index (χ4n) is 7.68. The quantitative estimate of drug-likeness (QED) is 0.176. The lowest BCUT2D eigenvalue weighted by Gasteiger charge is -2.26. The van der Waals surface area contributed by atoms with Gasteiger partial charge in [-0.1, -0.05) is 140 Å². The molecule has 0 aliphatic rings. The maximum absolute atomic E-state index is 6.36. The monoisotopic (exact) mass is 663 g/mol. The largest absolute Gasteiger partial charge is 0.456 e. The first-order valence-corrected chi connectivity index (χ1v) is 17.8. The van der Waals surface area contributed by atoms with Crippen molar-refractivity contribution >= 4 is 60.5 Å². The van der Waals surface area contributed by atoms with E-state index in [0.29, 0.717) is 0 Å². The molecule has 2 heteroatoms. The minimum absolute atomic E-state index is 0.873. The first kappa shape index (κ1) is 30.0. The maximum Gasteiger partial charge on any atom is 0.137 e. The van der Waals surface area contributed by atoms with E-state index < -0.39 is 0 Å². The minimum atomic E-state index is 0.873. The van der Waals surface area contributed by atoms with Gasteiger partial charge in [0.25, 0.3) is 0 Å². The van der Waals surface area contributed by atoms with Crippen LogP contribution in [0, 0.1) is 0 Å². The van der Waals surface area contributed by atoms with Gasteiger partial charge in [0.05, 0.1) is 11.1 Å². The summed E-state index contributed by atoms with van der Waals surface area (Å²) in [6.45, 7) is 0. The summed E-state index contributed by atoms with van der Waals surface area (Å²) in [5.74, 6) is 0. The summed E-state index contributed by atoms with van der Waals surface area (Å²) < 4.78 is 6.36. The highest BCUT2D eigenvalue weighted by Crippen LogP contribution is 2.44. The fourth-order valence-corrected chi connectivity index (χ4v) is 7.68. The van der Waals surface area contributed by atoms with E-state index >= 15 is 0 Å². The van der Waals surface area contributed by atoms with Gasteiger partial charge in [0, 0.05) is 16.8 Å². The van der Waals surface area contributed by atoms with E-state index in [0.717, 1.165) is 39.0 Å². The first-order chi connectivity index (χ1) is 25.8. The zero-order chi connectivity index (χ0) is 34.4. The lowest BCUT2D eigenvalue weighted by atomic mass is 9.93. The molecule has 9 aromatic carbocycles. The molecule has 1 heterocycles. The predicted molar refractivity (Wildman–Crippen MR) is 220 cm³/mol. The van der Waals surface area contributed by atoms with Gasteiger partial charge < -0.3 is 9.32 Å². The Kier molecular flexibility index (Phi) is 7.18. The number of furan rings is 1. The van der Waals surface area contributed by atoms with Crippen LogP contribution in [0.15, 0.2) is 205 Å². The summed E-state index contributed by atoms with van der Waals surface area (Å²) in [5, 5.41) is 7.18. The van der Waals surface area contributed by atoms with Crippen molar-refractivity contribution in [3.05, 3.63) is 200 Å². The summed E-state index contributed by atoms with van der Waals surface area (Å²) in [5.41, 5.74) is 12.2. The Morgan fingerprint density at radius 1 is 0.327 bits per heavy atom. The van der Waals surface area contributed by atoms with E-state index in [1.807, 2.05) is 12.1 Å². The van der Waals surface area contributed by atoms with Crippen LogP contribution in [0.4, 0.5) is 17.1 Å². The van der Waals surface area contributed by atoms with E-state index in [1.165, 1.54) is 54.9 Å². The average molecular weight is 664 g/mol. The number of nitrogens with zero attached hydrogens (tertiary/aromatic N) is 1. The number of rotatable bonds is 6. The molecule has 52 heavy (non-hydrogen) atoms. The van der Waals surface area contributed by atoms with Crippen molar-refractivity contribution in [3.8, 4) is 33.4 Å². The molecule has 1 aromatic heterocycles. The van der Waals surface area contributed by atoms with Gasteiger partial charge in [0.15, 0.2) is 0 Å². The van der Waals surface area contributed by atoms with Crippen LogP contribution in [0.25, 0.3) is 76.9 Å². The van der Waals surface area contributed by atoms with Crippen LogP contribution in [-0.4, -0.2) is 0 Å². The summed E-state index contributed by atoms with van der Waals surface area (Å²) in [6, 6.07) is 71.7. The van der Waals surface area contributed by atoms with Crippen LogP contribution in [0.5, 0.6) is 0 Å². The number of para-hydroxylation sites is 1. The van der Waals surface area contributed by atoms with E-state index in [9.17, 15) is 0 Å². The highest BCUT2D eigenvalue weighted by atomic mass is 16.3. The normalized spacial score (nSPS) is 11.5. The Hall–Kier alpha value is -6.90. The molecule has 0 saturated heterocycles. The minimum Gasteiger partial charge on any atom is -0.456 e. The maximum atomic E-state index is 6.36. The average Bonchev–Trinajstić information content (AvgIpc) is 3.61. The van der Waals surface area contributed by atoms with Crippen LogP contribution < -0.4 is 4.90 Å². The Labute approximate surface area is 302 Å². The molecule has 0 N–H and O–H groups in total. The summed E-state index contributed by atoms with van der Waals surface area (Å²) in [7, 11) is 0. The third kappa shape index (κ3) is 5.21. The smallest absolute Gasteiger partial charge is 0.137 e. The van der Waals surface area contributed by atoms with E-state index in [-0.39, 0.29) is 0 Å². The van der Waals surface area contributed by atoms with Crippen molar-refractivity contribution in [2.24, 2.45) is 0 Å². The molecule has 244 valence electrons. The molecule has 0 spiro atoms. The van der Waals surface area contributed by atoms with Crippen LogP contribution in [0.1, 0.15) is 0 Å². The molecule has 0 aliphatic heterocycles. The zero-order valence-corrected chi connectivity index (χ0v) is 28.4. The SMILES string of the molecule is c1ccc(-c2cc(-c3ccc(N(c4ccc(-c5ccc6ccccc6c5)cc4)c4cccc5oc6ccccc6c45)cc3)cc3ccccc23)cc1. The number of fused-ring (bicyclic) bond motifs is 5. The van der Waals surface area contributed by atoms with Crippen molar-refractivity contribution in [1.82, 2.24) is 0 Å². The second-order valence-corrected chi connectivity index (χ2v) is 13.4. The molecular formula is C50H33NO. The van der Waals surface area contributed by atoms with Crippen LogP contribution >= 0.6 is 0 Å². The Bertz CT molecular complexity index is 2890. The second kappa shape index (κ2) is 12.5. The number of hydrogen-bond acceptors (Lipinski definition) is 2. The first-order valence-electron chi connectivity index (χ1n) is 17.8. The van der Waals surface area contributed by atoms with Gasteiger partial charge in [-0.15, -0.1) is 0 Å². The van der Waals surface area contributed by atoms with Gasteiger partial charge in [0.1, 0.15) is 11.2 Å². The summed E-state index contributed by atoms with van der Waals surface area (Å²) in [6.07, 6.45) is 0. The molecule has 0 fully saturated rings. The highest BCUT2D eigenvalue weighted by Gasteiger charge is 2.20. The molecule has 0 radical (unpaired) electrons. The van der Waals surface area contributed by atoms with Gasteiger partial charge in [-0.25, -0.2) is 0 Å². The van der Waals surface area contributed by atoms with Gasteiger partial charge in [-0.2, -0.15) is 0 Å². The Morgan fingerprint density at radius 3 is 1.67 bits per heavy atom. The number of hydrogen-bond donors (Lipinski definition) is 0. The van der Waals surface area contributed by atoms with E-state index in [2.05, 4.69) is 193 Å². The third-order valence-electron chi connectivity index (χ3n) is 10.2. The molecule has 10 rings (SSSR count). The molecule has 0 amide bonds. The van der Waals surface area contributed by atoms with Gasteiger partial charge in [-0.05, 0) is 116 Å². The van der Waals surface area contributed by atoms with Gasteiger partial charge in [-0.3, -0.25) is 0 Å².